The van der Waals surface area contributed by atoms with Crippen LogP contribution in [-0.4, -0.2) is 5.78 Å². The summed E-state index contributed by atoms with van der Waals surface area (Å²) in [6.07, 6.45) is 4.53. The first-order valence-electron chi connectivity index (χ1n) is 4.70. The van der Waals surface area contributed by atoms with E-state index in [1.54, 1.807) is 18.2 Å². The number of carbonyl (C=O) groups is 1. The molecule has 1 nitrogen and oxygen atoms in total. The molecule has 0 fully saturated rings. The molecule has 0 heterocycles. The molecule has 3 heteroatoms. The third-order valence-corrected chi connectivity index (χ3v) is 2.15. The maximum absolute atomic E-state index is 13.2. The van der Waals surface area contributed by atoms with Crippen molar-refractivity contribution in [3.63, 3.8) is 0 Å². The van der Waals surface area contributed by atoms with Crippen LogP contribution in [0.1, 0.15) is 25.3 Å². The van der Waals surface area contributed by atoms with Gasteiger partial charge in [0.1, 0.15) is 11.6 Å². The molecule has 15 heavy (non-hydrogen) atoms. The van der Waals surface area contributed by atoms with Crippen LogP contribution in [0.5, 0.6) is 0 Å². The molecule has 1 aromatic carbocycles. The number of ketones is 1. The first kappa shape index (κ1) is 11.9. The predicted octanol–water partition coefficient (Wildman–Crippen LogP) is 3.86. The summed E-state index contributed by atoms with van der Waals surface area (Å²) in [6, 6.07) is 4.39. The number of Topliss-reactive ketones (excluding diaryl/α,β-unsaturated/α-hetero) is 1. The standard InChI is InChI=1S/C12H12ClFO/c1-9(15)4-2-3-5-10-8-11(13)6-7-12(10)14/h3,5-8H,2,4H2,1H3/b5-3+. The van der Waals surface area contributed by atoms with Crippen LogP contribution in [0, 0.1) is 5.82 Å². The first-order valence-corrected chi connectivity index (χ1v) is 5.08. The Morgan fingerprint density at radius 3 is 2.93 bits per heavy atom. The van der Waals surface area contributed by atoms with E-state index in [0.29, 0.717) is 23.4 Å². The number of allylic oxidation sites excluding steroid dienone is 1. The van der Waals surface area contributed by atoms with Crippen LogP contribution >= 0.6 is 11.6 Å². The van der Waals surface area contributed by atoms with Crippen LogP contribution in [0.2, 0.25) is 5.02 Å². The van der Waals surface area contributed by atoms with Crippen molar-refractivity contribution in [2.75, 3.05) is 0 Å². The average Bonchev–Trinajstić information content (AvgIpc) is 2.17. The second kappa shape index (κ2) is 5.66. The van der Waals surface area contributed by atoms with Gasteiger partial charge in [-0.2, -0.15) is 0 Å². The van der Waals surface area contributed by atoms with Crippen LogP contribution < -0.4 is 0 Å². The highest BCUT2D eigenvalue weighted by atomic mass is 35.5. The van der Waals surface area contributed by atoms with E-state index in [1.165, 1.54) is 19.1 Å². The summed E-state index contributed by atoms with van der Waals surface area (Å²) in [5, 5.41) is 0.502. The number of hydrogen-bond donors (Lipinski definition) is 0. The number of benzene rings is 1. The van der Waals surface area contributed by atoms with Gasteiger partial charge in [-0.25, -0.2) is 4.39 Å². The molecule has 0 aromatic heterocycles. The highest BCUT2D eigenvalue weighted by molar-refractivity contribution is 6.30. The zero-order chi connectivity index (χ0) is 11.3. The number of hydrogen-bond acceptors (Lipinski definition) is 1. The van der Waals surface area contributed by atoms with Crippen molar-refractivity contribution in [1.29, 1.82) is 0 Å². The summed E-state index contributed by atoms with van der Waals surface area (Å²) in [4.78, 5) is 10.6. The summed E-state index contributed by atoms with van der Waals surface area (Å²) < 4.78 is 13.2. The van der Waals surface area contributed by atoms with E-state index in [-0.39, 0.29) is 11.6 Å². The fraction of sp³-hybridized carbons (Fsp3) is 0.250. The van der Waals surface area contributed by atoms with Gasteiger partial charge in [-0.15, -0.1) is 0 Å². The van der Waals surface area contributed by atoms with Crippen LogP contribution in [0.25, 0.3) is 6.08 Å². The van der Waals surface area contributed by atoms with Crippen LogP contribution in [-0.2, 0) is 4.79 Å². The topological polar surface area (TPSA) is 17.1 Å². The van der Waals surface area contributed by atoms with Gasteiger partial charge in [-0.1, -0.05) is 23.8 Å². The smallest absolute Gasteiger partial charge is 0.130 e. The van der Waals surface area contributed by atoms with E-state index in [1.807, 2.05) is 0 Å². The van der Waals surface area contributed by atoms with E-state index >= 15 is 0 Å². The third-order valence-electron chi connectivity index (χ3n) is 1.92. The Hall–Kier alpha value is -1.15. The van der Waals surface area contributed by atoms with E-state index in [9.17, 15) is 9.18 Å². The minimum atomic E-state index is -0.307. The Balaban J connectivity index is 2.63. The lowest BCUT2D eigenvalue weighted by Crippen LogP contribution is -1.86. The zero-order valence-corrected chi connectivity index (χ0v) is 9.22. The van der Waals surface area contributed by atoms with Gasteiger partial charge in [-0.3, -0.25) is 0 Å². The lowest BCUT2D eigenvalue weighted by atomic mass is 10.1. The summed E-state index contributed by atoms with van der Waals surface area (Å²) >= 11 is 5.73. The molecule has 0 bridgehead atoms. The van der Waals surface area contributed by atoms with E-state index < -0.39 is 0 Å². The van der Waals surface area contributed by atoms with Crippen molar-refractivity contribution in [2.45, 2.75) is 19.8 Å². The Morgan fingerprint density at radius 2 is 2.27 bits per heavy atom. The van der Waals surface area contributed by atoms with Gasteiger partial charge in [0.25, 0.3) is 0 Å². The molecule has 0 N–H and O–H groups in total. The molecule has 0 aliphatic heterocycles. The van der Waals surface area contributed by atoms with Gasteiger partial charge in [0.2, 0.25) is 0 Å². The van der Waals surface area contributed by atoms with Gasteiger partial charge in [0, 0.05) is 17.0 Å². The lowest BCUT2D eigenvalue weighted by molar-refractivity contribution is -0.116. The van der Waals surface area contributed by atoms with Crippen molar-refractivity contribution in [1.82, 2.24) is 0 Å². The molecule has 0 spiro atoms. The summed E-state index contributed by atoms with van der Waals surface area (Å²) in [6.45, 7) is 1.54. The Bertz CT molecular complexity index is 385. The molecule has 0 saturated carbocycles. The zero-order valence-electron chi connectivity index (χ0n) is 8.47. The van der Waals surface area contributed by atoms with Crippen LogP contribution in [0.15, 0.2) is 24.3 Å². The minimum Gasteiger partial charge on any atom is -0.300 e. The molecule has 0 aliphatic carbocycles. The highest BCUT2D eigenvalue weighted by Gasteiger charge is 1.98. The van der Waals surface area contributed by atoms with Crippen molar-refractivity contribution in [2.24, 2.45) is 0 Å². The normalized spacial score (nSPS) is 10.9. The fourth-order valence-electron chi connectivity index (χ4n) is 1.14. The molecule has 0 unspecified atom stereocenters. The molecule has 80 valence electrons. The second-order valence-electron chi connectivity index (χ2n) is 3.31. The van der Waals surface area contributed by atoms with Gasteiger partial charge >= 0.3 is 0 Å². The number of rotatable bonds is 4. The van der Waals surface area contributed by atoms with E-state index in [0.717, 1.165) is 0 Å². The Labute approximate surface area is 93.6 Å². The largest absolute Gasteiger partial charge is 0.300 e. The van der Waals surface area contributed by atoms with Gasteiger partial charge in [-0.05, 0) is 31.5 Å². The lowest BCUT2D eigenvalue weighted by Gasteiger charge is -1.97. The maximum atomic E-state index is 13.2. The maximum Gasteiger partial charge on any atom is 0.130 e. The molecule has 0 atom stereocenters. The quantitative estimate of drug-likeness (QED) is 0.762. The Morgan fingerprint density at radius 1 is 1.53 bits per heavy atom. The van der Waals surface area contributed by atoms with Gasteiger partial charge in [0.05, 0.1) is 0 Å². The van der Waals surface area contributed by atoms with Crippen molar-refractivity contribution >= 4 is 23.5 Å². The molecule has 0 saturated heterocycles. The first-order chi connectivity index (χ1) is 7.09. The molecular formula is C12H12ClFO. The highest BCUT2D eigenvalue weighted by Crippen LogP contribution is 2.16. The second-order valence-corrected chi connectivity index (χ2v) is 3.75. The van der Waals surface area contributed by atoms with E-state index in [2.05, 4.69) is 0 Å². The van der Waals surface area contributed by atoms with Gasteiger partial charge < -0.3 is 4.79 Å². The molecular weight excluding hydrogens is 215 g/mol. The van der Waals surface area contributed by atoms with Crippen molar-refractivity contribution < 1.29 is 9.18 Å². The minimum absolute atomic E-state index is 0.131. The monoisotopic (exact) mass is 226 g/mol. The summed E-state index contributed by atoms with van der Waals surface area (Å²) in [5.41, 5.74) is 0.450. The average molecular weight is 227 g/mol. The number of halogens is 2. The van der Waals surface area contributed by atoms with E-state index in [4.69, 9.17) is 11.6 Å². The predicted molar refractivity (Wildman–Crippen MR) is 60.4 cm³/mol. The third kappa shape index (κ3) is 4.26. The SMILES string of the molecule is CC(=O)CC/C=C/c1cc(Cl)ccc1F. The van der Waals surface area contributed by atoms with Crippen LogP contribution in [0.3, 0.4) is 0 Å². The van der Waals surface area contributed by atoms with Crippen molar-refractivity contribution in [3.05, 3.63) is 40.7 Å². The van der Waals surface area contributed by atoms with Crippen molar-refractivity contribution in [3.8, 4) is 0 Å². The molecule has 0 aliphatic rings. The van der Waals surface area contributed by atoms with Gasteiger partial charge in [0.15, 0.2) is 0 Å². The summed E-state index contributed by atoms with van der Waals surface area (Å²) in [7, 11) is 0. The number of carbonyl (C=O) groups excluding carboxylic acids is 1. The summed E-state index contributed by atoms with van der Waals surface area (Å²) in [5.74, 6) is -0.176. The molecule has 1 aromatic rings. The molecule has 0 amide bonds. The molecule has 0 radical (unpaired) electrons. The fourth-order valence-corrected chi connectivity index (χ4v) is 1.32. The Kier molecular flexibility index (Phi) is 4.50. The van der Waals surface area contributed by atoms with Crippen LogP contribution in [0.4, 0.5) is 4.39 Å². The molecule has 1 rings (SSSR count).